The highest BCUT2D eigenvalue weighted by molar-refractivity contribution is 7.98. The summed E-state index contributed by atoms with van der Waals surface area (Å²) in [4.78, 5) is 12.3. The Balaban J connectivity index is 1.80. The minimum absolute atomic E-state index is 0.258. The van der Waals surface area contributed by atoms with E-state index in [9.17, 15) is 13.2 Å². The van der Waals surface area contributed by atoms with E-state index in [2.05, 4.69) is 17.4 Å². The van der Waals surface area contributed by atoms with E-state index >= 15 is 0 Å². The van der Waals surface area contributed by atoms with Crippen LogP contribution in [0.15, 0.2) is 54.6 Å². The molecule has 0 aliphatic heterocycles. The van der Waals surface area contributed by atoms with Gasteiger partial charge in [0, 0.05) is 18.4 Å². The molecule has 2 rings (SSSR count). The van der Waals surface area contributed by atoms with Crippen LogP contribution < -0.4 is 14.4 Å². The van der Waals surface area contributed by atoms with Gasteiger partial charge in [0.15, 0.2) is 0 Å². The van der Waals surface area contributed by atoms with Crippen molar-refractivity contribution in [3.8, 4) is 5.75 Å². The lowest BCUT2D eigenvalue weighted by Crippen LogP contribution is -2.40. The molecule has 0 fully saturated rings. The van der Waals surface area contributed by atoms with Crippen LogP contribution in [-0.4, -0.2) is 46.0 Å². The molecule has 0 bridgehead atoms. The summed E-state index contributed by atoms with van der Waals surface area (Å²) >= 11 is 1.81. The van der Waals surface area contributed by atoms with E-state index in [1.54, 1.807) is 24.3 Å². The van der Waals surface area contributed by atoms with Crippen LogP contribution in [0, 0.1) is 0 Å². The Morgan fingerprint density at radius 3 is 2.59 bits per heavy atom. The molecule has 29 heavy (non-hydrogen) atoms. The molecule has 2 aromatic carbocycles. The number of anilines is 1. The largest absolute Gasteiger partial charge is 0.494 e. The second kappa shape index (κ2) is 11.7. The molecule has 0 heterocycles. The lowest BCUT2D eigenvalue weighted by atomic mass is 10.2. The van der Waals surface area contributed by atoms with Gasteiger partial charge in [-0.05, 0) is 36.8 Å². The molecular weight excluding hydrogens is 408 g/mol. The number of benzene rings is 2. The molecule has 6 nitrogen and oxygen atoms in total. The molecule has 2 aromatic rings. The summed E-state index contributed by atoms with van der Waals surface area (Å²) in [5.74, 6) is 2.09. The van der Waals surface area contributed by atoms with Crippen molar-refractivity contribution in [2.75, 3.05) is 36.0 Å². The molecule has 0 aliphatic carbocycles. The number of ether oxygens (including phenoxy) is 1. The third-order valence-corrected chi connectivity index (χ3v) is 6.26. The summed E-state index contributed by atoms with van der Waals surface area (Å²) < 4.78 is 30.9. The maximum Gasteiger partial charge on any atom is 0.240 e. The molecule has 0 aromatic heterocycles. The third kappa shape index (κ3) is 8.37. The average molecular weight is 437 g/mol. The molecule has 0 radical (unpaired) electrons. The van der Waals surface area contributed by atoms with Crippen molar-refractivity contribution in [2.45, 2.75) is 19.1 Å². The second-order valence-corrected chi connectivity index (χ2v) is 9.45. The predicted molar refractivity (Wildman–Crippen MR) is 120 cm³/mol. The van der Waals surface area contributed by atoms with E-state index in [-0.39, 0.29) is 12.5 Å². The molecule has 0 spiro atoms. The van der Waals surface area contributed by atoms with E-state index in [0.29, 0.717) is 24.6 Å². The van der Waals surface area contributed by atoms with Crippen molar-refractivity contribution >= 4 is 33.4 Å². The minimum Gasteiger partial charge on any atom is -0.494 e. The zero-order valence-electron chi connectivity index (χ0n) is 16.8. The first kappa shape index (κ1) is 23.1. The van der Waals surface area contributed by atoms with Gasteiger partial charge in [-0.25, -0.2) is 8.42 Å². The first-order chi connectivity index (χ1) is 13.9. The number of carbonyl (C=O) groups is 1. The fourth-order valence-electron chi connectivity index (χ4n) is 2.65. The van der Waals surface area contributed by atoms with Gasteiger partial charge in [0.05, 0.1) is 18.6 Å². The van der Waals surface area contributed by atoms with Gasteiger partial charge in [-0.15, -0.1) is 0 Å². The number of hydrogen-bond donors (Lipinski definition) is 1. The molecule has 0 saturated heterocycles. The molecule has 0 aliphatic rings. The van der Waals surface area contributed by atoms with Crippen molar-refractivity contribution in [1.29, 1.82) is 0 Å². The molecule has 0 atom stereocenters. The van der Waals surface area contributed by atoms with Crippen LogP contribution in [0.3, 0.4) is 0 Å². The maximum absolute atomic E-state index is 12.3. The number of nitrogens with zero attached hydrogens (tertiary/aromatic N) is 1. The van der Waals surface area contributed by atoms with Crippen LogP contribution in [0.4, 0.5) is 5.69 Å². The highest BCUT2D eigenvalue weighted by Gasteiger charge is 2.21. The monoisotopic (exact) mass is 436 g/mol. The summed E-state index contributed by atoms with van der Waals surface area (Å²) in [5.41, 5.74) is 1.69. The van der Waals surface area contributed by atoms with Gasteiger partial charge in [0.25, 0.3) is 0 Å². The summed E-state index contributed by atoms with van der Waals surface area (Å²) in [6.45, 7) is 2.58. The Morgan fingerprint density at radius 1 is 1.14 bits per heavy atom. The topological polar surface area (TPSA) is 75.7 Å². The zero-order chi connectivity index (χ0) is 21.1. The van der Waals surface area contributed by atoms with Gasteiger partial charge in [-0.3, -0.25) is 9.10 Å². The number of thioether (sulfide) groups is 1. The molecule has 0 unspecified atom stereocenters. The quantitative estimate of drug-likeness (QED) is 0.517. The van der Waals surface area contributed by atoms with Crippen LogP contribution in [0.5, 0.6) is 5.75 Å². The summed E-state index contributed by atoms with van der Waals surface area (Å²) in [7, 11) is -3.60. The van der Waals surface area contributed by atoms with E-state index in [0.717, 1.165) is 28.5 Å². The Bertz CT molecular complexity index is 873. The predicted octanol–water partition coefficient (Wildman–Crippen LogP) is 3.29. The number of hydrogen-bond acceptors (Lipinski definition) is 5. The standard InChI is InChI=1S/C21H28N2O4S2/c1-3-27-20-12-7-11-19(15-20)23(29(2,25)26)16-21(24)22-13-8-14-28-17-18-9-5-4-6-10-18/h4-7,9-12,15H,3,8,13-14,16-17H2,1-2H3,(H,22,24). The highest BCUT2D eigenvalue weighted by atomic mass is 32.2. The van der Waals surface area contributed by atoms with Gasteiger partial charge in [-0.2, -0.15) is 11.8 Å². The van der Waals surface area contributed by atoms with Crippen LogP contribution in [0.2, 0.25) is 0 Å². The fraction of sp³-hybridized carbons (Fsp3) is 0.381. The number of amides is 1. The minimum atomic E-state index is -3.60. The van der Waals surface area contributed by atoms with Crippen molar-refractivity contribution in [3.05, 3.63) is 60.2 Å². The van der Waals surface area contributed by atoms with E-state index in [1.165, 1.54) is 5.56 Å². The van der Waals surface area contributed by atoms with E-state index in [1.807, 2.05) is 36.9 Å². The smallest absolute Gasteiger partial charge is 0.240 e. The lowest BCUT2D eigenvalue weighted by Gasteiger charge is -2.22. The molecular formula is C21H28N2O4S2. The molecule has 8 heteroatoms. The van der Waals surface area contributed by atoms with Crippen molar-refractivity contribution in [3.63, 3.8) is 0 Å². The molecule has 158 valence electrons. The Labute approximate surface area is 177 Å². The fourth-order valence-corrected chi connectivity index (χ4v) is 4.42. The zero-order valence-corrected chi connectivity index (χ0v) is 18.5. The van der Waals surface area contributed by atoms with Crippen LogP contribution in [-0.2, 0) is 20.6 Å². The van der Waals surface area contributed by atoms with E-state index < -0.39 is 10.0 Å². The van der Waals surface area contributed by atoms with Gasteiger partial charge < -0.3 is 10.1 Å². The Morgan fingerprint density at radius 2 is 1.90 bits per heavy atom. The summed E-state index contributed by atoms with van der Waals surface area (Å²) in [6.07, 6.45) is 1.91. The first-order valence-electron chi connectivity index (χ1n) is 9.49. The van der Waals surface area contributed by atoms with Gasteiger partial charge in [0.1, 0.15) is 12.3 Å². The van der Waals surface area contributed by atoms with Crippen LogP contribution in [0.1, 0.15) is 18.9 Å². The number of nitrogens with one attached hydrogen (secondary N) is 1. The first-order valence-corrected chi connectivity index (χ1v) is 12.5. The average Bonchev–Trinajstić information content (AvgIpc) is 2.69. The lowest BCUT2D eigenvalue weighted by molar-refractivity contribution is -0.119. The number of rotatable bonds is 12. The highest BCUT2D eigenvalue weighted by Crippen LogP contribution is 2.23. The normalized spacial score (nSPS) is 11.1. The SMILES string of the molecule is CCOc1cccc(N(CC(=O)NCCCSCc2ccccc2)S(C)(=O)=O)c1. The van der Waals surface area contributed by atoms with Crippen molar-refractivity contribution in [1.82, 2.24) is 5.32 Å². The van der Waals surface area contributed by atoms with Crippen molar-refractivity contribution < 1.29 is 17.9 Å². The molecule has 1 N–H and O–H groups in total. The van der Waals surface area contributed by atoms with Gasteiger partial charge in [0.2, 0.25) is 15.9 Å². The molecule has 0 saturated carbocycles. The maximum atomic E-state index is 12.3. The van der Waals surface area contributed by atoms with Crippen LogP contribution >= 0.6 is 11.8 Å². The number of carbonyl (C=O) groups excluding carboxylic acids is 1. The van der Waals surface area contributed by atoms with Crippen LogP contribution in [0.25, 0.3) is 0 Å². The second-order valence-electron chi connectivity index (χ2n) is 6.44. The Hall–Kier alpha value is -2.19. The number of sulfonamides is 1. The summed E-state index contributed by atoms with van der Waals surface area (Å²) in [6, 6.07) is 17.0. The van der Waals surface area contributed by atoms with Gasteiger partial charge in [-0.1, -0.05) is 36.4 Å². The van der Waals surface area contributed by atoms with Crippen molar-refractivity contribution in [2.24, 2.45) is 0 Å². The third-order valence-electron chi connectivity index (χ3n) is 4.00. The van der Waals surface area contributed by atoms with E-state index in [4.69, 9.17) is 4.74 Å². The van der Waals surface area contributed by atoms with Gasteiger partial charge >= 0.3 is 0 Å². The molecule has 1 amide bonds. The summed E-state index contributed by atoms with van der Waals surface area (Å²) in [5, 5.41) is 2.80. The Kier molecular flexibility index (Phi) is 9.34.